The summed E-state index contributed by atoms with van der Waals surface area (Å²) < 4.78 is 16.8. The molecule has 0 unspecified atom stereocenters. The van der Waals surface area contributed by atoms with Crippen molar-refractivity contribution in [2.24, 2.45) is 0 Å². The lowest BCUT2D eigenvalue weighted by Gasteiger charge is -2.22. The maximum Gasteiger partial charge on any atom is 0.306 e. The third kappa shape index (κ3) is 37.9. The fourth-order valence-electron chi connectivity index (χ4n) is 6.33. The van der Waals surface area contributed by atoms with Crippen molar-refractivity contribution < 1.29 is 23.8 Å². The summed E-state index contributed by atoms with van der Waals surface area (Å²) in [6.07, 6.45) is 41.2. The minimum Gasteiger partial charge on any atom is -0.466 e. The number of unbranched alkanes of at least 4 members (excludes halogenated alkanes) is 18. The fraction of sp³-hybridized carbons (Fsp3) is 0.867. The Morgan fingerprint density at radius 3 is 1.47 bits per heavy atom. The monoisotopic (exact) mass is 720 g/mol. The van der Waals surface area contributed by atoms with Crippen LogP contribution in [0.1, 0.15) is 207 Å². The van der Waals surface area contributed by atoms with E-state index in [1.807, 2.05) is 0 Å². The van der Waals surface area contributed by atoms with Crippen molar-refractivity contribution >= 4 is 11.9 Å². The molecule has 0 saturated carbocycles. The number of carbonyl (C=O) groups excluding carboxylic acids is 2. The molecule has 300 valence electrons. The van der Waals surface area contributed by atoms with Crippen LogP contribution in [0.15, 0.2) is 24.3 Å². The van der Waals surface area contributed by atoms with Crippen LogP contribution in [0.3, 0.4) is 0 Å². The number of rotatable bonds is 40. The number of esters is 2. The topological polar surface area (TPSA) is 65.1 Å². The van der Waals surface area contributed by atoms with Crippen LogP contribution in [0.2, 0.25) is 0 Å². The Bertz CT molecular complexity index is 775. The molecule has 0 fully saturated rings. The van der Waals surface area contributed by atoms with Gasteiger partial charge in [-0.15, -0.1) is 0 Å². The molecular formula is C45H85NO5. The molecule has 0 heterocycles. The highest BCUT2D eigenvalue weighted by Crippen LogP contribution is 2.15. The van der Waals surface area contributed by atoms with Crippen LogP contribution >= 0.6 is 0 Å². The minimum absolute atomic E-state index is 0.0191. The Morgan fingerprint density at radius 2 is 0.941 bits per heavy atom. The van der Waals surface area contributed by atoms with E-state index in [9.17, 15) is 9.59 Å². The highest BCUT2D eigenvalue weighted by atomic mass is 16.5. The van der Waals surface area contributed by atoms with Crippen LogP contribution in [0.5, 0.6) is 0 Å². The molecule has 0 bridgehead atoms. The summed E-state index contributed by atoms with van der Waals surface area (Å²) in [5.74, 6) is -0.0389. The van der Waals surface area contributed by atoms with Gasteiger partial charge in [0.15, 0.2) is 0 Å². The van der Waals surface area contributed by atoms with Gasteiger partial charge in [-0.3, -0.25) is 9.59 Å². The van der Waals surface area contributed by atoms with E-state index in [1.54, 1.807) is 7.11 Å². The first-order chi connectivity index (χ1) is 25.1. The van der Waals surface area contributed by atoms with E-state index in [0.29, 0.717) is 19.4 Å². The second kappa shape index (κ2) is 41.1. The summed E-state index contributed by atoms with van der Waals surface area (Å²) in [4.78, 5) is 27.2. The lowest BCUT2D eigenvalue weighted by atomic mass is 10.1. The summed E-state index contributed by atoms with van der Waals surface area (Å²) in [5, 5.41) is 0. The third-order valence-corrected chi connectivity index (χ3v) is 9.72. The maximum absolute atomic E-state index is 12.7. The molecule has 0 atom stereocenters. The Morgan fingerprint density at radius 1 is 0.490 bits per heavy atom. The molecule has 0 aromatic carbocycles. The largest absolute Gasteiger partial charge is 0.466 e. The predicted octanol–water partition coefficient (Wildman–Crippen LogP) is 12.9. The van der Waals surface area contributed by atoms with Crippen molar-refractivity contribution in [1.29, 1.82) is 0 Å². The lowest BCUT2D eigenvalue weighted by molar-refractivity contribution is -0.150. The number of hydrogen-bond donors (Lipinski definition) is 0. The Labute approximate surface area is 317 Å². The molecule has 0 aromatic heterocycles. The first-order valence-electron chi connectivity index (χ1n) is 21.9. The zero-order chi connectivity index (χ0) is 37.3. The van der Waals surface area contributed by atoms with E-state index in [4.69, 9.17) is 14.2 Å². The average molecular weight is 720 g/mol. The molecule has 0 radical (unpaired) electrons. The van der Waals surface area contributed by atoms with E-state index in [0.717, 1.165) is 96.9 Å². The highest BCUT2D eigenvalue weighted by molar-refractivity contribution is 5.69. The van der Waals surface area contributed by atoms with Crippen molar-refractivity contribution in [2.45, 2.75) is 213 Å². The van der Waals surface area contributed by atoms with Gasteiger partial charge in [0.25, 0.3) is 0 Å². The van der Waals surface area contributed by atoms with Crippen molar-refractivity contribution in [3.63, 3.8) is 0 Å². The number of allylic oxidation sites excluding steroid dienone is 4. The molecule has 6 heteroatoms. The lowest BCUT2D eigenvalue weighted by Crippen LogP contribution is -2.29. The Balaban J connectivity index is 4.07. The average Bonchev–Trinajstić information content (AvgIpc) is 3.13. The molecule has 51 heavy (non-hydrogen) atoms. The molecule has 0 aliphatic heterocycles. The molecule has 0 aliphatic carbocycles. The van der Waals surface area contributed by atoms with Crippen LogP contribution < -0.4 is 0 Å². The van der Waals surface area contributed by atoms with Gasteiger partial charge in [-0.05, 0) is 83.7 Å². The number of methoxy groups -OCH3 is 1. The third-order valence-electron chi connectivity index (χ3n) is 9.72. The van der Waals surface area contributed by atoms with E-state index in [1.165, 1.54) is 103 Å². The van der Waals surface area contributed by atoms with E-state index >= 15 is 0 Å². The summed E-state index contributed by atoms with van der Waals surface area (Å²) in [6.45, 7) is 11.3. The van der Waals surface area contributed by atoms with Gasteiger partial charge in [-0.1, -0.05) is 148 Å². The van der Waals surface area contributed by atoms with Crippen LogP contribution in [0.4, 0.5) is 0 Å². The van der Waals surface area contributed by atoms with Crippen molar-refractivity contribution in [1.82, 2.24) is 4.90 Å². The molecular weight excluding hydrogens is 634 g/mol. The van der Waals surface area contributed by atoms with Gasteiger partial charge in [0, 0.05) is 26.5 Å². The first-order valence-corrected chi connectivity index (χ1v) is 21.9. The second-order valence-electron chi connectivity index (χ2n) is 14.7. The van der Waals surface area contributed by atoms with Crippen LogP contribution in [-0.2, 0) is 23.8 Å². The zero-order valence-corrected chi connectivity index (χ0v) is 34.4. The van der Waals surface area contributed by atoms with E-state index < -0.39 is 0 Å². The molecule has 6 nitrogen and oxygen atoms in total. The van der Waals surface area contributed by atoms with Gasteiger partial charge in [0.1, 0.15) is 6.10 Å². The molecule has 0 rings (SSSR count). The normalized spacial score (nSPS) is 11.9. The van der Waals surface area contributed by atoms with Gasteiger partial charge in [-0.2, -0.15) is 0 Å². The van der Waals surface area contributed by atoms with Crippen LogP contribution in [-0.4, -0.2) is 62.9 Å². The van der Waals surface area contributed by atoms with Gasteiger partial charge in [-0.25, -0.2) is 0 Å². The van der Waals surface area contributed by atoms with E-state index in [2.05, 4.69) is 50.0 Å². The smallest absolute Gasteiger partial charge is 0.306 e. The quantitative estimate of drug-likeness (QED) is 0.0357. The second-order valence-corrected chi connectivity index (χ2v) is 14.7. The first kappa shape index (κ1) is 49.3. The maximum atomic E-state index is 12.7. The summed E-state index contributed by atoms with van der Waals surface area (Å²) in [6, 6.07) is 0. The van der Waals surface area contributed by atoms with Gasteiger partial charge >= 0.3 is 11.9 Å². The molecule has 0 N–H and O–H groups in total. The Kier molecular flexibility index (Phi) is 39.8. The summed E-state index contributed by atoms with van der Waals surface area (Å²) in [7, 11) is 1.78. The van der Waals surface area contributed by atoms with E-state index in [-0.39, 0.29) is 18.0 Å². The number of hydrogen-bond acceptors (Lipinski definition) is 6. The number of nitrogens with zero attached hydrogens (tertiary/aromatic N) is 1. The van der Waals surface area contributed by atoms with Gasteiger partial charge < -0.3 is 19.1 Å². The standard InChI is InChI=1S/C45H85NO5/c1-5-8-11-14-17-26-33-41-50-44(47)36-29-22-18-24-31-38-46(40-42-49-4)39-32-25-19-23-30-37-45(48)51-43(34-27-20-15-12-9-6-2)35-28-21-16-13-10-7-3/h15-16,20-21,43H,5-14,17-19,22-42H2,1-4H3/b20-15-,21-16-. The van der Waals surface area contributed by atoms with Gasteiger partial charge in [0.2, 0.25) is 0 Å². The number of carbonyl (C=O) groups is 2. The highest BCUT2D eigenvalue weighted by Gasteiger charge is 2.13. The fourth-order valence-corrected chi connectivity index (χ4v) is 6.33. The predicted molar refractivity (Wildman–Crippen MR) is 218 cm³/mol. The van der Waals surface area contributed by atoms with Crippen molar-refractivity contribution in [2.75, 3.05) is 40.0 Å². The Hall–Kier alpha value is -1.66. The molecule has 0 saturated heterocycles. The molecule has 0 amide bonds. The van der Waals surface area contributed by atoms with Crippen LogP contribution in [0.25, 0.3) is 0 Å². The summed E-state index contributed by atoms with van der Waals surface area (Å²) in [5.41, 5.74) is 0. The minimum atomic E-state index is -0.0198. The molecule has 0 aliphatic rings. The van der Waals surface area contributed by atoms with Crippen molar-refractivity contribution in [3.05, 3.63) is 24.3 Å². The summed E-state index contributed by atoms with van der Waals surface area (Å²) >= 11 is 0. The molecule has 0 aromatic rings. The molecule has 0 spiro atoms. The SMILES string of the molecule is CCCC/C=C\CCC(CC/C=C\CCCC)OC(=O)CCCCCCCN(CCCCCCCC(=O)OCCCCCCCCC)CCOC. The zero-order valence-electron chi connectivity index (χ0n) is 34.4. The van der Waals surface area contributed by atoms with Crippen molar-refractivity contribution in [3.8, 4) is 0 Å². The van der Waals surface area contributed by atoms with Crippen LogP contribution in [0, 0.1) is 0 Å². The van der Waals surface area contributed by atoms with Gasteiger partial charge in [0.05, 0.1) is 13.2 Å². The number of ether oxygens (including phenoxy) is 3.